The van der Waals surface area contributed by atoms with Gasteiger partial charge in [-0.05, 0) is 25.7 Å². The number of nitrogens with one attached hydrogen (secondary N) is 1. The molecular formula is C19H29ClN6O2S. The van der Waals surface area contributed by atoms with Crippen molar-refractivity contribution < 1.29 is 9.59 Å². The number of hydrogen-bond acceptors (Lipinski definition) is 6. The van der Waals surface area contributed by atoms with Crippen LogP contribution in [0.1, 0.15) is 32.6 Å². The first-order chi connectivity index (χ1) is 14.1. The van der Waals surface area contributed by atoms with E-state index in [4.69, 9.17) is 11.6 Å². The number of nitrogens with zero attached hydrogens (tertiary/aromatic N) is 5. The molecule has 2 aliphatic heterocycles. The molecule has 0 saturated carbocycles. The van der Waals surface area contributed by atoms with Crippen LogP contribution in [0.2, 0.25) is 5.15 Å². The van der Waals surface area contributed by atoms with E-state index in [2.05, 4.69) is 20.2 Å². The van der Waals surface area contributed by atoms with Crippen molar-refractivity contribution in [2.45, 2.75) is 37.8 Å². The Kier molecular flexibility index (Phi) is 8.23. The van der Waals surface area contributed by atoms with Crippen molar-refractivity contribution >= 4 is 41.1 Å². The molecule has 0 bridgehead atoms. The van der Waals surface area contributed by atoms with E-state index in [0.29, 0.717) is 48.8 Å². The lowest BCUT2D eigenvalue weighted by atomic mass is 10.1. The zero-order valence-corrected chi connectivity index (χ0v) is 18.5. The van der Waals surface area contributed by atoms with Crippen molar-refractivity contribution in [3.8, 4) is 0 Å². The van der Waals surface area contributed by atoms with Crippen LogP contribution in [-0.4, -0.2) is 83.3 Å². The Morgan fingerprint density at radius 1 is 1.07 bits per heavy atom. The van der Waals surface area contributed by atoms with Crippen LogP contribution in [-0.2, 0) is 4.79 Å². The number of carbonyl (C=O) groups is 2. The van der Waals surface area contributed by atoms with Gasteiger partial charge in [-0.15, -0.1) is 0 Å². The third-order valence-electron chi connectivity index (χ3n) is 5.11. The molecule has 10 heteroatoms. The van der Waals surface area contributed by atoms with E-state index in [-0.39, 0.29) is 11.9 Å². The fourth-order valence-corrected chi connectivity index (χ4v) is 4.44. The number of urea groups is 1. The molecular weight excluding hydrogens is 412 g/mol. The number of thioether (sulfide) groups is 1. The van der Waals surface area contributed by atoms with Gasteiger partial charge in [0.25, 0.3) is 0 Å². The van der Waals surface area contributed by atoms with Crippen molar-refractivity contribution in [1.29, 1.82) is 0 Å². The van der Waals surface area contributed by atoms with Crippen molar-refractivity contribution in [1.82, 2.24) is 25.1 Å². The number of piperidine rings is 1. The Labute approximate surface area is 181 Å². The lowest BCUT2D eigenvalue weighted by Crippen LogP contribution is -2.52. The highest BCUT2D eigenvalue weighted by Crippen LogP contribution is 2.23. The van der Waals surface area contributed by atoms with E-state index < -0.39 is 0 Å². The van der Waals surface area contributed by atoms with E-state index in [0.717, 1.165) is 38.2 Å². The number of hydrogen-bond donors (Lipinski definition) is 1. The van der Waals surface area contributed by atoms with Crippen LogP contribution in [0.3, 0.4) is 0 Å². The molecule has 8 nitrogen and oxygen atoms in total. The quantitative estimate of drug-likeness (QED) is 0.415. The largest absolute Gasteiger partial charge is 0.353 e. The van der Waals surface area contributed by atoms with E-state index in [1.54, 1.807) is 6.07 Å². The highest BCUT2D eigenvalue weighted by Gasteiger charge is 2.23. The van der Waals surface area contributed by atoms with Gasteiger partial charge >= 0.3 is 6.03 Å². The molecule has 3 rings (SSSR count). The molecule has 1 N–H and O–H groups in total. The van der Waals surface area contributed by atoms with Gasteiger partial charge in [0.15, 0.2) is 5.16 Å². The molecule has 3 heterocycles. The fraction of sp³-hybridized carbons (Fsp3) is 0.684. The van der Waals surface area contributed by atoms with E-state index in [9.17, 15) is 9.59 Å². The van der Waals surface area contributed by atoms with Gasteiger partial charge in [0, 0.05) is 51.9 Å². The number of amides is 3. The molecule has 3 amide bonds. The lowest BCUT2D eigenvalue weighted by Gasteiger charge is -2.35. The molecule has 0 radical (unpaired) electrons. The van der Waals surface area contributed by atoms with Gasteiger partial charge < -0.3 is 20.0 Å². The highest BCUT2D eigenvalue weighted by molar-refractivity contribution is 7.99. The van der Waals surface area contributed by atoms with Crippen LogP contribution in [0, 0.1) is 0 Å². The summed E-state index contributed by atoms with van der Waals surface area (Å²) < 4.78 is 0. The lowest BCUT2D eigenvalue weighted by molar-refractivity contribution is -0.129. The van der Waals surface area contributed by atoms with Crippen molar-refractivity contribution in [3.05, 3.63) is 11.2 Å². The number of halogens is 1. The first-order valence-corrected chi connectivity index (χ1v) is 11.7. The van der Waals surface area contributed by atoms with Gasteiger partial charge in [0.1, 0.15) is 11.0 Å². The Balaban J connectivity index is 1.54. The second kappa shape index (κ2) is 10.9. The molecule has 29 heavy (non-hydrogen) atoms. The van der Waals surface area contributed by atoms with E-state index >= 15 is 0 Å². The molecule has 0 unspecified atom stereocenters. The predicted octanol–water partition coefficient (Wildman–Crippen LogP) is 2.48. The molecule has 1 aromatic rings. The smallest absolute Gasteiger partial charge is 0.317 e. The maximum atomic E-state index is 12.4. The zero-order valence-electron chi connectivity index (χ0n) is 16.9. The summed E-state index contributed by atoms with van der Waals surface area (Å²) in [5, 5.41) is 3.79. The fourth-order valence-electron chi connectivity index (χ4n) is 3.46. The van der Waals surface area contributed by atoms with Crippen molar-refractivity contribution in [2.24, 2.45) is 0 Å². The second-order valence-corrected chi connectivity index (χ2v) is 8.60. The Morgan fingerprint density at radius 3 is 2.48 bits per heavy atom. The SMILES string of the molecule is CCCNC(=O)N1CCN(c2cc(Cl)nc(SCC(=O)N3CCCCC3)n2)CC1. The van der Waals surface area contributed by atoms with Crippen LogP contribution in [0.25, 0.3) is 0 Å². The monoisotopic (exact) mass is 440 g/mol. The van der Waals surface area contributed by atoms with Gasteiger partial charge in [-0.1, -0.05) is 30.3 Å². The normalized spacial score (nSPS) is 17.4. The minimum Gasteiger partial charge on any atom is -0.353 e. The molecule has 0 aromatic carbocycles. The molecule has 0 aliphatic carbocycles. The summed E-state index contributed by atoms with van der Waals surface area (Å²) in [7, 11) is 0. The number of piperazine rings is 1. The summed E-state index contributed by atoms with van der Waals surface area (Å²) in [5.41, 5.74) is 0. The summed E-state index contributed by atoms with van der Waals surface area (Å²) >= 11 is 7.54. The summed E-state index contributed by atoms with van der Waals surface area (Å²) in [6.07, 6.45) is 4.28. The average Bonchev–Trinajstić information content (AvgIpc) is 2.76. The van der Waals surface area contributed by atoms with E-state index in [1.807, 2.05) is 16.7 Å². The van der Waals surface area contributed by atoms with Gasteiger partial charge in [-0.25, -0.2) is 14.8 Å². The van der Waals surface area contributed by atoms with Gasteiger partial charge in [-0.3, -0.25) is 4.79 Å². The Bertz CT molecular complexity index is 708. The number of likely N-dealkylation sites (tertiary alicyclic amines) is 1. The number of carbonyl (C=O) groups excluding carboxylic acids is 2. The second-order valence-electron chi connectivity index (χ2n) is 7.27. The number of aromatic nitrogens is 2. The molecule has 2 aliphatic rings. The third kappa shape index (κ3) is 6.37. The van der Waals surface area contributed by atoms with Crippen molar-refractivity contribution in [2.75, 3.05) is 56.5 Å². The third-order valence-corrected chi connectivity index (χ3v) is 6.14. The maximum Gasteiger partial charge on any atom is 0.317 e. The molecule has 160 valence electrons. The van der Waals surface area contributed by atoms with Crippen LogP contribution >= 0.6 is 23.4 Å². The summed E-state index contributed by atoms with van der Waals surface area (Å²) in [5.74, 6) is 1.20. The van der Waals surface area contributed by atoms with E-state index in [1.165, 1.54) is 18.2 Å². The highest BCUT2D eigenvalue weighted by atomic mass is 35.5. The molecule has 1 aromatic heterocycles. The van der Waals surface area contributed by atoms with Crippen LogP contribution < -0.4 is 10.2 Å². The zero-order chi connectivity index (χ0) is 20.6. The van der Waals surface area contributed by atoms with Gasteiger partial charge in [0.2, 0.25) is 5.91 Å². The van der Waals surface area contributed by atoms with Crippen molar-refractivity contribution in [3.63, 3.8) is 0 Å². The Hall–Kier alpha value is -1.74. The molecule has 0 atom stereocenters. The number of rotatable bonds is 6. The minimum absolute atomic E-state index is 0.0142. The van der Waals surface area contributed by atoms with Crippen LogP contribution in [0.15, 0.2) is 11.2 Å². The van der Waals surface area contributed by atoms with Crippen LogP contribution in [0.4, 0.5) is 10.6 Å². The van der Waals surface area contributed by atoms with Gasteiger partial charge in [0.05, 0.1) is 5.75 Å². The summed E-state index contributed by atoms with van der Waals surface area (Å²) in [6, 6.07) is 1.73. The Morgan fingerprint density at radius 2 is 1.79 bits per heavy atom. The first kappa shape index (κ1) is 22.0. The molecule has 0 spiro atoms. The van der Waals surface area contributed by atoms with Crippen LogP contribution in [0.5, 0.6) is 0 Å². The topological polar surface area (TPSA) is 81.7 Å². The summed E-state index contributed by atoms with van der Waals surface area (Å²) in [6.45, 7) is 7.05. The average molecular weight is 441 g/mol. The molecule has 2 saturated heterocycles. The standard InChI is InChI=1S/C19H29ClN6O2S/c1-2-6-21-19(28)26-11-9-24(10-12-26)16-13-15(20)22-18(23-16)29-14-17(27)25-7-4-3-5-8-25/h13H,2-12,14H2,1H3,(H,21,28). The van der Waals surface area contributed by atoms with Gasteiger partial charge in [-0.2, -0.15) is 0 Å². The maximum absolute atomic E-state index is 12.4. The first-order valence-electron chi connectivity index (χ1n) is 10.3. The summed E-state index contributed by atoms with van der Waals surface area (Å²) in [4.78, 5) is 39.2. The minimum atomic E-state index is -0.0142. The molecule has 2 fully saturated rings. The number of anilines is 1. The predicted molar refractivity (Wildman–Crippen MR) is 116 cm³/mol.